The average molecular weight is 458 g/mol. The monoisotopic (exact) mass is 457 g/mol. The number of nitrogens with two attached hydrogens (primary N) is 1. The molecule has 0 spiro atoms. The van der Waals surface area contributed by atoms with Gasteiger partial charge in [-0.15, -0.1) is 0 Å². The summed E-state index contributed by atoms with van der Waals surface area (Å²) in [6.07, 6.45) is 2.95. The van der Waals surface area contributed by atoms with Crippen LogP contribution in [0.3, 0.4) is 0 Å². The van der Waals surface area contributed by atoms with Gasteiger partial charge in [-0.25, -0.2) is 13.8 Å². The summed E-state index contributed by atoms with van der Waals surface area (Å²) >= 11 is 0. The SMILES string of the molecule is Cc1ccn2c(CC3CN(C)CCO3)c(-c3c(F)cc(NCCCC(N)=O)cc3F)nc2c1. The van der Waals surface area contributed by atoms with Gasteiger partial charge >= 0.3 is 0 Å². The second-order valence-electron chi connectivity index (χ2n) is 8.61. The van der Waals surface area contributed by atoms with Gasteiger partial charge in [0.2, 0.25) is 5.91 Å². The van der Waals surface area contributed by atoms with Gasteiger partial charge in [0.15, 0.2) is 0 Å². The summed E-state index contributed by atoms with van der Waals surface area (Å²) in [5.74, 6) is -1.81. The fraction of sp³-hybridized carbons (Fsp3) is 0.417. The fourth-order valence-electron chi connectivity index (χ4n) is 4.20. The number of hydrogen-bond acceptors (Lipinski definition) is 5. The molecule has 1 aliphatic rings. The number of aryl methyl sites for hydroxylation is 1. The second-order valence-corrected chi connectivity index (χ2v) is 8.61. The minimum atomic E-state index is -0.699. The summed E-state index contributed by atoms with van der Waals surface area (Å²) < 4.78 is 38.2. The van der Waals surface area contributed by atoms with Crippen LogP contribution in [0.25, 0.3) is 16.9 Å². The number of fused-ring (bicyclic) bond motifs is 1. The van der Waals surface area contributed by atoms with Gasteiger partial charge < -0.3 is 25.1 Å². The number of morpholine rings is 1. The van der Waals surface area contributed by atoms with E-state index in [9.17, 15) is 4.79 Å². The lowest BCUT2D eigenvalue weighted by molar-refractivity contribution is -0.118. The topological polar surface area (TPSA) is 84.9 Å². The molecular formula is C24H29F2N5O2. The maximum atomic E-state index is 15.2. The predicted octanol–water partition coefficient (Wildman–Crippen LogP) is 3.14. The molecule has 0 aliphatic carbocycles. The number of nitrogens with one attached hydrogen (secondary N) is 1. The Bertz CT molecular complexity index is 1140. The first kappa shape index (κ1) is 23.1. The van der Waals surface area contributed by atoms with Gasteiger partial charge in [-0.05, 0) is 50.2 Å². The Morgan fingerprint density at radius 3 is 2.76 bits per heavy atom. The average Bonchev–Trinajstić information content (AvgIpc) is 3.07. The third-order valence-electron chi connectivity index (χ3n) is 5.85. The highest BCUT2D eigenvalue weighted by molar-refractivity contribution is 5.73. The molecule has 4 rings (SSSR count). The molecular weight excluding hydrogens is 428 g/mol. The molecule has 1 aromatic carbocycles. The summed E-state index contributed by atoms with van der Waals surface area (Å²) in [6, 6.07) is 6.35. The quantitative estimate of drug-likeness (QED) is 0.508. The van der Waals surface area contributed by atoms with Crippen LogP contribution in [0.5, 0.6) is 0 Å². The number of rotatable bonds is 8. The van der Waals surface area contributed by atoms with Crippen molar-refractivity contribution >= 4 is 17.2 Å². The Morgan fingerprint density at radius 2 is 2.06 bits per heavy atom. The van der Waals surface area contributed by atoms with Crippen molar-refractivity contribution in [3.63, 3.8) is 0 Å². The first-order chi connectivity index (χ1) is 15.8. The molecule has 3 N–H and O–H groups in total. The molecule has 1 atom stereocenters. The van der Waals surface area contributed by atoms with Crippen LogP contribution in [0.2, 0.25) is 0 Å². The third kappa shape index (κ3) is 5.31. The van der Waals surface area contributed by atoms with E-state index in [0.29, 0.717) is 43.0 Å². The van der Waals surface area contributed by atoms with Gasteiger partial charge in [0.05, 0.1) is 29.7 Å². The largest absolute Gasteiger partial charge is 0.385 e. The van der Waals surface area contributed by atoms with E-state index in [1.165, 1.54) is 12.1 Å². The van der Waals surface area contributed by atoms with Crippen LogP contribution < -0.4 is 11.1 Å². The van der Waals surface area contributed by atoms with Gasteiger partial charge in [-0.3, -0.25) is 4.79 Å². The number of carbonyl (C=O) groups excluding carboxylic acids is 1. The van der Waals surface area contributed by atoms with Gasteiger partial charge in [-0.1, -0.05) is 0 Å². The summed E-state index contributed by atoms with van der Waals surface area (Å²) in [5, 5.41) is 2.94. The number of likely N-dealkylation sites (N-methyl/N-ethyl adjacent to an activating group) is 1. The minimum absolute atomic E-state index is 0.0963. The zero-order chi connectivity index (χ0) is 23.5. The summed E-state index contributed by atoms with van der Waals surface area (Å²) in [5.41, 5.74) is 7.92. The van der Waals surface area contributed by atoms with Gasteiger partial charge in [0, 0.05) is 44.4 Å². The summed E-state index contributed by atoms with van der Waals surface area (Å²) in [7, 11) is 2.03. The number of carbonyl (C=O) groups is 1. The molecule has 1 saturated heterocycles. The van der Waals surface area contributed by atoms with Crippen LogP contribution in [0, 0.1) is 18.6 Å². The van der Waals surface area contributed by atoms with E-state index in [0.717, 1.165) is 18.7 Å². The number of anilines is 1. The number of pyridine rings is 1. The summed E-state index contributed by atoms with van der Waals surface area (Å²) in [6.45, 7) is 4.54. The van der Waals surface area contributed by atoms with Crippen molar-refractivity contribution < 1.29 is 18.3 Å². The van der Waals surface area contributed by atoms with Crippen molar-refractivity contribution in [3.05, 3.63) is 53.4 Å². The number of imidazole rings is 1. The lowest BCUT2D eigenvalue weighted by Crippen LogP contribution is -2.41. The zero-order valence-electron chi connectivity index (χ0n) is 18.9. The molecule has 33 heavy (non-hydrogen) atoms. The first-order valence-corrected chi connectivity index (χ1v) is 11.1. The van der Waals surface area contributed by atoms with Crippen molar-refractivity contribution in [2.45, 2.75) is 32.3 Å². The van der Waals surface area contributed by atoms with Crippen molar-refractivity contribution in [1.82, 2.24) is 14.3 Å². The molecule has 7 nitrogen and oxygen atoms in total. The molecule has 2 aromatic heterocycles. The Morgan fingerprint density at radius 1 is 1.30 bits per heavy atom. The standard InChI is InChI=1S/C24H29F2N5O2/c1-15-5-7-31-20(13-17-14-30(2)8-9-33-17)24(29-22(31)10-15)23-18(25)11-16(12-19(23)26)28-6-3-4-21(27)32/h5,7,10-12,17,28H,3-4,6,8-9,13-14H2,1-2H3,(H2,27,32). The summed E-state index contributed by atoms with van der Waals surface area (Å²) in [4.78, 5) is 17.7. The van der Waals surface area contributed by atoms with Crippen LogP contribution in [-0.2, 0) is 16.0 Å². The van der Waals surface area contributed by atoms with Crippen LogP contribution in [0.1, 0.15) is 24.1 Å². The number of hydrogen-bond donors (Lipinski definition) is 2. The molecule has 1 amide bonds. The van der Waals surface area contributed by atoms with Crippen molar-refractivity contribution in [2.75, 3.05) is 38.6 Å². The molecule has 3 aromatic rings. The number of ether oxygens (including phenoxy) is 1. The van der Waals surface area contributed by atoms with E-state index in [2.05, 4.69) is 15.2 Å². The highest BCUT2D eigenvalue weighted by Gasteiger charge is 2.26. The lowest BCUT2D eigenvalue weighted by Gasteiger charge is -2.30. The molecule has 3 heterocycles. The Balaban J connectivity index is 1.68. The molecule has 9 heteroatoms. The molecule has 0 saturated carbocycles. The van der Waals surface area contributed by atoms with E-state index >= 15 is 8.78 Å². The number of halogens is 2. The smallest absolute Gasteiger partial charge is 0.217 e. The van der Waals surface area contributed by atoms with Crippen molar-refractivity contribution in [2.24, 2.45) is 5.73 Å². The maximum absolute atomic E-state index is 15.2. The molecule has 1 fully saturated rings. The zero-order valence-corrected chi connectivity index (χ0v) is 18.9. The highest BCUT2D eigenvalue weighted by atomic mass is 19.1. The van der Waals surface area contributed by atoms with E-state index in [1.807, 2.05) is 36.7 Å². The molecule has 0 bridgehead atoms. The Labute approximate surface area is 191 Å². The van der Waals surface area contributed by atoms with Gasteiger partial charge in [-0.2, -0.15) is 0 Å². The minimum Gasteiger partial charge on any atom is -0.385 e. The lowest BCUT2D eigenvalue weighted by atomic mass is 10.0. The van der Waals surface area contributed by atoms with Crippen LogP contribution in [0.15, 0.2) is 30.5 Å². The first-order valence-electron chi connectivity index (χ1n) is 11.1. The van der Waals surface area contributed by atoms with Gasteiger partial charge in [0.1, 0.15) is 17.3 Å². The van der Waals surface area contributed by atoms with Crippen LogP contribution in [-0.4, -0.2) is 59.6 Å². The Hall–Kier alpha value is -3.04. The van der Waals surface area contributed by atoms with Gasteiger partial charge in [0.25, 0.3) is 0 Å². The maximum Gasteiger partial charge on any atom is 0.217 e. The highest BCUT2D eigenvalue weighted by Crippen LogP contribution is 2.33. The third-order valence-corrected chi connectivity index (χ3v) is 5.85. The van der Waals surface area contributed by atoms with E-state index < -0.39 is 17.5 Å². The van der Waals surface area contributed by atoms with Crippen LogP contribution in [0.4, 0.5) is 14.5 Å². The molecule has 176 valence electrons. The number of aromatic nitrogens is 2. The van der Waals surface area contributed by atoms with E-state index in [1.54, 1.807) is 0 Å². The molecule has 0 radical (unpaired) electrons. The van der Waals surface area contributed by atoms with E-state index in [-0.39, 0.29) is 23.8 Å². The Kier molecular flexibility index (Phi) is 6.90. The van der Waals surface area contributed by atoms with Crippen molar-refractivity contribution in [3.8, 4) is 11.3 Å². The number of amides is 1. The molecule has 1 aliphatic heterocycles. The second kappa shape index (κ2) is 9.84. The van der Waals surface area contributed by atoms with Crippen molar-refractivity contribution in [1.29, 1.82) is 0 Å². The number of nitrogens with zero attached hydrogens (tertiary/aromatic N) is 3. The van der Waals surface area contributed by atoms with E-state index in [4.69, 9.17) is 10.5 Å². The molecule has 1 unspecified atom stereocenters. The fourth-order valence-corrected chi connectivity index (χ4v) is 4.20. The number of benzene rings is 1. The van der Waals surface area contributed by atoms with Crippen LogP contribution >= 0.6 is 0 Å². The predicted molar refractivity (Wildman–Crippen MR) is 123 cm³/mol. The normalized spacial score (nSPS) is 16.9. The number of primary amides is 1.